The quantitative estimate of drug-likeness (QED) is 0.883. The topological polar surface area (TPSA) is 73.5 Å². The van der Waals surface area contributed by atoms with Crippen molar-refractivity contribution >= 4 is 11.8 Å². The third-order valence-corrected chi connectivity index (χ3v) is 5.78. The Morgan fingerprint density at radius 2 is 1.86 bits per heavy atom. The van der Waals surface area contributed by atoms with Crippen LogP contribution in [0.5, 0.6) is 0 Å². The summed E-state index contributed by atoms with van der Waals surface area (Å²) in [6.07, 6.45) is 3.70. The molecule has 6 nitrogen and oxygen atoms in total. The summed E-state index contributed by atoms with van der Waals surface area (Å²) >= 11 is 0. The first-order valence-electron chi connectivity index (χ1n) is 9.49. The fourth-order valence-electron chi connectivity index (χ4n) is 4.26. The number of carbonyl (C=O) groups is 2. The van der Waals surface area contributed by atoms with Gasteiger partial charge in [0.25, 0.3) is 5.91 Å². The summed E-state index contributed by atoms with van der Waals surface area (Å²) in [5, 5.41) is 0. The van der Waals surface area contributed by atoms with Gasteiger partial charge in [-0.1, -0.05) is 12.1 Å². The maximum Gasteiger partial charge on any atom is 0.255 e. The zero-order chi connectivity index (χ0) is 19.7. The molecule has 2 aliphatic rings. The van der Waals surface area contributed by atoms with Crippen LogP contribution in [-0.4, -0.2) is 46.2 Å². The maximum atomic E-state index is 13.2. The number of piperidine rings is 1. The van der Waals surface area contributed by atoms with Crippen LogP contribution in [-0.2, 0) is 11.3 Å². The first kappa shape index (κ1) is 18.4. The van der Waals surface area contributed by atoms with E-state index in [0.717, 1.165) is 18.4 Å². The van der Waals surface area contributed by atoms with Crippen molar-refractivity contribution in [1.29, 1.82) is 0 Å². The molecule has 2 amide bonds. The summed E-state index contributed by atoms with van der Waals surface area (Å²) in [5.74, 6) is -0.395. The molecule has 2 aliphatic heterocycles. The number of nitrogens with zero attached hydrogens (tertiary/aromatic N) is 2. The van der Waals surface area contributed by atoms with Gasteiger partial charge in [0.05, 0.1) is 11.0 Å². The molecule has 4 rings (SSSR count). The number of nitrogens with one attached hydrogen (secondary N) is 1. The predicted molar refractivity (Wildman–Crippen MR) is 101 cm³/mol. The Hall–Kier alpha value is -2.96. The third kappa shape index (κ3) is 3.44. The average Bonchev–Trinajstić information content (AvgIpc) is 3.12. The lowest BCUT2D eigenvalue weighted by Gasteiger charge is -2.39. The molecule has 0 aliphatic carbocycles. The van der Waals surface area contributed by atoms with Crippen LogP contribution in [0.4, 0.5) is 4.39 Å². The summed E-state index contributed by atoms with van der Waals surface area (Å²) in [7, 11) is 0. The van der Waals surface area contributed by atoms with Gasteiger partial charge in [0.1, 0.15) is 5.82 Å². The van der Waals surface area contributed by atoms with E-state index < -0.39 is 5.41 Å². The van der Waals surface area contributed by atoms with E-state index in [4.69, 9.17) is 0 Å². The molecule has 1 N–H and O–H groups in total. The van der Waals surface area contributed by atoms with Gasteiger partial charge < -0.3 is 14.8 Å². The zero-order valence-corrected chi connectivity index (χ0v) is 15.5. The van der Waals surface area contributed by atoms with Gasteiger partial charge in [-0.3, -0.25) is 14.4 Å². The molecule has 1 aromatic carbocycles. The largest absolute Gasteiger partial charge is 0.338 e. The molecular weight excluding hydrogens is 361 g/mol. The van der Waals surface area contributed by atoms with Gasteiger partial charge in [-0.15, -0.1) is 0 Å². The van der Waals surface area contributed by atoms with Crippen molar-refractivity contribution in [1.82, 2.24) is 14.8 Å². The van der Waals surface area contributed by atoms with Crippen LogP contribution in [0, 0.1) is 11.2 Å². The molecule has 0 bridgehead atoms. The van der Waals surface area contributed by atoms with E-state index in [1.54, 1.807) is 17.0 Å². The number of H-pyrrole nitrogens is 1. The Labute approximate surface area is 162 Å². The number of rotatable bonds is 3. The van der Waals surface area contributed by atoms with E-state index >= 15 is 0 Å². The van der Waals surface area contributed by atoms with Gasteiger partial charge in [0.2, 0.25) is 11.5 Å². The highest BCUT2D eigenvalue weighted by atomic mass is 19.1. The lowest BCUT2D eigenvalue weighted by molar-refractivity contribution is -0.146. The van der Waals surface area contributed by atoms with Crippen molar-refractivity contribution in [2.24, 2.45) is 5.41 Å². The molecule has 2 aromatic rings. The Morgan fingerprint density at radius 3 is 2.57 bits per heavy atom. The molecule has 0 radical (unpaired) electrons. The standard InChI is InChI=1S/C21H22FN3O3/c22-17-5-2-15(3-6-17)13-24-10-1-8-21(20(24)28)9-11-25(14-21)19(27)16-4-7-18(26)23-12-16/h2-7,12H,1,8-11,13-14H2,(H,23,26)/t21-/m0/s1. The monoisotopic (exact) mass is 383 g/mol. The number of aromatic amines is 1. The van der Waals surface area contributed by atoms with Crippen molar-refractivity contribution in [3.8, 4) is 0 Å². The lowest BCUT2D eigenvalue weighted by atomic mass is 9.78. The number of hydrogen-bond donors (Lipinski definition) is 1. The fraction of sp³-hybridized carbons (Fsp3) is 0.381. The van der Waals surface area contributed by atoms with Gasteiger partial charge in [0, 0.05) is 38.4 Å². The third-order valence-electron chi connectivity index (χ3n) is 5.78. The van der Waals surface area contributed by atoms with Gasteiger partial charge >= 0.3 is 0 Å². The molecule has 28 heavy (non-hydrogen) atoms. The fourth-order valence-corrected chi connectivity index (χ4v) is 4.26. The van der Waals surface area contributed by atoms with Gasteiger partial charge in [0.15, 0.2) is 0 Å². The van der Waals surface area contributed by atoms with E-state index in [2.05, 4.69) is 4.98 Å². The summed E-state index contributed by atoms with van der Waals surface area (Å²) < 4.78 is 13.1. The summed E-state index contributed by atoms with van der Waals surface area (Å²) in [5.41, 5.74) is 0.512. The van der Waals surface area contributed by atoms with Crippen LogP contribution in [0.3, 0.4) is 0 Å². The molecule has 1 atom stereocenters. The lowest BCUT2D eigenvalue weighted by Crippen LogP contribution is -2.50. The van der Waals surface area contributed by atoms with Crippen molar-refractivity contribution in [2.45, 2.75) is 25.8 Å². The van der Waals surface area contributed by atoms with Gasteiger partial charge in [-0.2, -0.15) is 0 Å². The number of pyridine rings is 1. The average molecular weight is 383 g/mol. The van der Waals surface area contributed by atoms with E-state index in [-0.39, 0.29) is 23.2 Å². The van der Waals surface area contributed by atoms with Gasteiger partial charge in [-0.25, -0.2) is 4.39 Å². The smallest absolute Gasteiger partial charge is 0.255 e. The summed E-state index contributed by atoms with van der Waals surface area (Å²) in [6.45, 7) is 2.04. The molecule has 7 heteroatoms. The van der Waals surface area contributed by atoms with Crippen molar-refractivity contribution in [2.75, 3.05) is 19.6 Å². The van der Waals surface area contributed by atoms with Crippen molar-refractivity contribution in [3.05, 3.63) is 69.9 Å². The van der Waals surface area contributed by atoms with Crippen LogP contribution < -0.4 is 5.56 Å². The normalized spacial score (nSPS) is 22.1. The van der Waals surface area contributed by atoms with Crippen LogP contribution in [0.2, 0.25) is 0 Å². The van der Waals surface area contributed by atoms with Crippen molar-refractivity contribution < 1.29 is 14.0 Å². The zero-order valence-electron chi connectivity index (χ0n) is 15.5. The highest BCUT2D eigenvalue weighted by molar-refractivity contribution is 5.95. The minimum atomic E-state index is -0.546. The predicted octanol–water partition coefficient (Wildman–Crippen LogP) is 2.17. The number of amides is 2. The number of benzene rings is 1. The minimum absolute atomic E-state index is 0.0693. The Kier molecular flexibility index (Phi) is 4.75. The number of halogens is 1. The van der Waals surface area contributed by atoms with Gasteiger partial charge in [-0.05, 0) is 43.0 Å². The van der Waals surface area contributed by atoms with E-state index in [9.17, 15) is 18.8 Å². The van der Waals surface area contributed by atoms with Crippen molar-refractivity contribution in [3.63, 3.8) is 0 Å². The molecule has 3 heterocycles. The summed E-state index contributed by atoms with van der Waals surface area (Å²) in [4.78, 5) is 43.2. The minimum Gasteiger partial charge on any atom is -0.338 e. The molecule has 0 saturated carbocycles. The second-order valence-electron chi connectivity index (χ2n) is 7.66. The summed E-state index contributed by atoms with van der Waals surface area (Å²) in [6, 6.07) is 9.04. The second kappa shape index (κ2) is 7.22. The molecule has 2 saturated heterocycles. The Morgan fingerprint density at radius 1 is 1.07 bits per heavy atom. The number of aromatic nitrogens is 1. The van der Waals surface area contributed by atoms with Crippen LogP contribution in [0.25, 0.3) is 0 Å². The molecular formula is C21H22FN3O3. The number of likely N-dealkylation sites (tertiary alicyclic amines) is 2. The van der Waals surface area contributed by atoms with Crippen LogP contribution in [0.1, 0.15) is 35.2 Å². The van der Waals surface area contributed by atoms with Crippen LogP contribution >= 0.6 is 0 Å². The molecule has 146 valence electrons. The number of hydrogen-bond acceptors (Lipinski definition) is 3. The Bertz CT molecular complexity index is 936. The molecule has 0 unspecified atom stereocenters. The molecule has 2 fully saturated rings. The molecule has 1 aromatic heterocycles. The Balaban J connectivity index is 1.47. The molecule has 1 spiro atoms. The highest BCUT2D eigenvalue weighted by Crippen LogP contribution is 2.40. The highest BCUT2D eigenvalue weighted by Gasteiger charge is 2.49. The first-order valence-corrected chi connectivity index (χ1v) is 9.49. The van der Waals surface area contributed by atoms with E-state index in [1.807, 2.05) is 4.90 Å². The SMILES string of the molecule is O=C(c1ccc(=O)[nH]c1)N1CC[C@@]2(CCCN(Cc3ccc(F)cc3)C2=O)C1. The van der Waals surface area contributed by atoms with E-state index in [0.29, 0.717) is 38.2 Å². The maximum absolute atomic E-state index is 13.2. The first-order chi connectivity index (χ1) is 13.5. The van der Waals surface area contributed by atoms with E-state index in [1.165, 1.54) is 30.5 Å². The number of carbonyl (C=O) groups excluding carboxylic acids is 2. The van der Waals surface area contributed by atoms with Crippen LogP contribution in [0.15, 0.2) is 47.4 Å². The second-order valence-corrected chi connectivity index (χ2v) is 7.66.